The average molecular weight is 1540 g/mol. The number of likely N-dealkylation sites (tertiary alicyclic amines) is 6. The molecular weight excluding hydrogens is 1410 g/mol. The summed E-state index contributed by atoms with van der Waals surface area (Å²) in [7, 11) is -2.29. The van der Waals surface area contributed by atoms with Crippen LogP contribution in [0.1, 0.15) is 203 Å². The molecule has 2 aromatic heterocycles. The van der Waals surface area contributed by atoms with E-state index in [1.165, 1.54) is 44.1 Å². The minimum absolute atomic E-state index is 0.0320. The lowest BCUT2D eigenvalue weighted by Crippen LogP contribution is -2.55. The van der Waals surface area contributed by atoms with E-state index in [4.69, 9.17) is 23.9 Å². The molecule has 0 radical (unpaired) electrons. The molecule has 12 rings (SSSR count). The topological polar surface area (TPSA) is 178 Å². The summed E-state index contributed by atoms with van der Waals surface area (Å²) in [5.41, 5.74) is 4.00. The second kappa shape index (κ2) is 35.9. The van der Waals surface area contributed by atoms with E-state index in [1.807, 2.05) is 105 Å². The zero-order valence-corrected chi connectivity index (χ0v) is 71.4. The van der Waals surface area contributed by atoms with Crippen molar-refractivity contribution in [3.8, 4) is 22.5 Å². The maximum Gasteiger partial charge on any atom is 0.410 e. The van der Waals surface area contributed by atoms with Gasteiger partial charge in [0.1, 0.15) is 22.9 Å². The molecule has 8 heterocycles. The minimum Gasteiger partial charge on any atom is -0.444 e. The van der Waals surface area contributed by atoms with E-state index in [0.717, 1.165) is 105 Å². The second-order valence-electron chi connectivity index (χ2n) is 38.2. The summed E-state index contributed by atoms with van der Waals surface area (Å²) in [5.74, 6) is 1.18. The maximum absolute atomic E-state index is 15.6. The SMILES string of the molecule is CC(C)(C)OC(=O)N1CC(CN(C(=O)N2CCC(N3CCCCC3)CC2)[C@@H](c2nc(-c3ccccc3)cn2Cc2ccccc2)C(C)(C)C)[C@@H](O)C1.CC(C)(C)OC(=O)N1CC(CN(C(=O)N2CCC(N3CCCCC3)CC2)[C@@H](c2nc(-c3ccccc3)cn2Cc2ccccc2)C(C)(C)C)[C@@H](O[Si](C)(C)C(C)(C)C)C1. The van der Waals surface area contributed by atoms with E-state index in [1.54, 1.807) is 4.90 Å². The van der Waals surface area contributed by atoms with Crippen LogP contribution in [0.4, 0.5) is 19.2 Å². The fourth-order valence-corrected chi connectivity index (χ4v) is 18.5. The van der Waals surface area contributed by atoms with Crippen molar-refractivity contribution in [1.82, 2.24) is 58.3 Å². The molecule has 6 aromatic rings. The highest BCUT2D eigenvalue weighted by atomic mass is 28.4. The summed E-state index contributed by atoms with van der Waals surface area (Å²) in [6, 6.07) is 41.6. The van der Waals surface area contributed by atoms with Crippen molar-refractivity contribution in [2.75, 3.05) is 91.6 Å². The van der Waals surface area contributed by atoms with Crippen LogP contribution in [0.2, 0.25) is 18.1 Å². The van der Waals surface area contributed by atoms with E-state index in [2.05, 4.69) is 189 Å². The van der Waals surface area contributed by atoms with Crippen LogP contribution in [0.3, 0.4) is 0 Å². The van der Waals surface area contributed by atoms with Crippen LogP contribution in [0.25, 0.3) is 22.5 Å². The predicted octanol–water partition coefficient (Wildman–Crippen LogP) is 17.6. The van der Waals surface area contributed by atoms with Gasteiger partial charge in [-0.3, -0.25) is 0 Å². The molecule has 4 aromatic carbocycles. The molecule has 111 heavy (non-hydrogen) atoms. The highest BCUT2D eigenvalue weighted by Gasteiger charge is 2.50. The van der Waals surface area contributed by atoms with Gasteiger partial charge in [-0.15, -0.1) is 0 Å². The number of carbonyl (C=O) groups excluding carboxylic acids is 4. The monoisotopic (exact) mass is 1540 g/mol. The highest BCUT2D eigenvalue weighted by Crippen LogP contribution is 2.46. The number of rotatable bonds is 18. The van der Waals surface area contributed by atoms with Gasteiger partial charge in [-0.05, 0) is 159 Å². The van der Waals surface area contributed by atoms with Gasteiger partial charge in [0.2, 0.25) is 0 Å². The molecule has 21 heteroatoms. The number of benzene rings is 4. The average Bonchev–Trinajstić information content (AvgIpc) is 1.67. The van der Waals surface area contributed by atoms with Gasteiger partial charge < -0.3 is 67.3 Å². The summed E-state index contributed by atoms with van der Waals surface area (Å²) >= 11 is 0. The summed E-state index contributed by atoms with van der Waals surface area (Å²) in [5, 5.41) is 11.4. The summed E-state index contributed by atoms with van der Waals surface area (Å²) in [6.45, 7) is 46.5. The Labute approximate surface area is 665 Å². The number of nitrogens with zero attached hydrogens (tertiary/aromatic N) is 12. The first-order chi connectivity index (χ1) is 52.5. The minimum atomic E-state index is -2.29. The number of ether oxygens (including phenoxy) is 2. The first-order valence-electron chi connectivity index (χ1n) is 41.7. The Kier molecular flexibility index (Phi) is 27.3. The predicted molar refractivity (Wildman–Crippen MR) is 446 cm³/mol. The Bertz CT molecular complexity index is 3960. The van der Waals surface area contributed by atoms with Crippen LogP contribution >= 0.6 is 0 Å². The molecule has 6 fully saturated rings. The van der Waals surface area contributed by atoms with Crippen molar-refractivity contribution >= 4 is 32.6 Å². The molecule has 6 amide bonds. The number of carbonyl (C=O) groups is 4. The lowest BCUT2D eigenvalue weighted by atomic mass is 9.84. The smallest absolute Gasteiger partial charge is 0.410 e. The van der Waals surface area contributed by atoms with E-state index < -0.39 is 48.6 Å². The van der Waals surface area contributed by atoms with Crippen molar-refractivity contribution in [3.63, 3.8) is 0 Å². The molecule has 0 bridgehead atoms. The van der Waals surface area contributed by atoms with Crippen LogP contribution in [0.15, 0.2) is 134 Å². The number of piperidine rings is 4. The lowest BCUT2D eigenvalue weighted by Gasteiger charge is -2.46. The van der Waals surface area contributed by atoms with Crippen LogP contribution in [-0.2, 0) is 27.0 Å². The molecule has 6 aliphatic rings. The quantitative estimate of drug-likeness (QED) is 0.0807. The normalized spacial score (nSPS) is 21.0. The Balaban J connectivity index is 0.000000222. The number of aliphatic hydroxyl groups is 1. The number of amides is 6. The van der Waals surface area contributed by atoms with Gasteiger partial charge in [0.25, 0.3) is 0 Å². The highest BCUT2D eigenvalue weighted by molar-refractivity contribution is 6.74. The first-order valence-corrected chi connectivity index (χ1v) is 44.6. The Morgan fingerprint density at radius 1 is 0.459 bits per heavy atom. The third-order valence-electron chi connectivity index (χ3n) is 23.9. The molecule has 0 aliphatic carbocycles. The molecule has 1 N–H and O–H groups in total. The van der Waals surface area contributed by atoms with E-state index >= 15 is 9.59 Å². The van der Waals surface area contributed by atoms with Gasteiger partial charge in [-0.25, -0.2) is 29.1 Å². The maximum atomic E-state index is 15.6. The zero-order chi connectivity index (χ0) is 79.8. The van der Waals surface area contributed by atoms with Crippen LogP contribution in [-0.4, -0.2) is 223 Å². The van der Waals surface area contributed by atoms with Gasteiger partial charge in [0.05, 0.1) is 42.2 Å². The van der Waals surface area contributed by atoms with Crippen molar-refractivity contribution in [3.05, 3.63) is 156 Å². The molecule has 6 atom stereocenters. The van der Waals surface area contributed by atoms with Crippen LogP contribution < -0.4 is 0 Å². The lowest BCUT2D eigenvalue weighted by molar-refractivity contribution is 0.0260. The Morgan fingerprint density at radius 2 is 0.811 bits per heavy atom. The fourth-order valence-electron chi connectivity index (χ4n) is 17.2. The molecular formula is C90H134N12O8Si. The van der Waals surface area contributed by atoms with Gasteiger partial charge in [-0.1, -0.05) is 196 Å². The zero-order valence-electron chi connectivity index (χ0n) is 70.4. The number of hydrogen-bond donors (Lipinski definition) is 1. The summed E-state index contributed by atoms with van der Waals surface area (Å²) in [4.78, 5) is 85.3. The Hall–Kier alpha value is -7.56. The molecule has 20 nitrogen and oxygen atoms in total. The number of aromatic nitrogens is 4. The molecule has 606 valence electrons. The largest absolute Gasteiger partial charge is 0.444 e. The third-order valence-corrected chi connectivity index (χ3v) is 28.4. The van der Waals surface area contributed by atoms with Gasteiger partial charge >= 0.3 is 24.2 Å². The number of imidazole rings is 2. The van der Waals surface area contributed by atoms with Crippen molar-refractivity contribution in [2.45, 2.75) is 247 Å². The number of urea groups is 2. The summed E-state index contributed by atoms with van der Waals surface area (Å²) < 4.78 is 23.3. The van der Waals surface area contributed by atoms with Crippen molar-refractivity contribution < 1.29 is 38.2 Å². The Morgan fingerprint density at radius 3 is 1.17 bits per heavy atom. The summed E-state index contributed by atoms with van der Waals surface area (Å²) in [6.07, 6.45) is 14.0. The molecule has 0 spiro atoms. The van der Waals surface area contributed by atoms with E-state index in [9.17, 15) is 14.7 Å². The number of hydrogen-bond acceptors (Lipinski definition) is 12. The van der Waals surface area contributed by atoms with E-state index in [-0.39, 0.29) is 60.3 Å². The van der Waals surface area contributed by atoms with Crippen molar-refractivity contribution in [1.29, 1.82) is 0 Å². The van der Waals surface area contributed by atoms with Crippen LogP contribution in [0.5, 0.6) is 0 Å². The molecule has 6 aliphatic heterocycles. The van der Waals surface area contributed by atoms with E-state index in [0.29, 0.717) is 64.4 Å². The van der Waals surface area contributed by atoms with Gasteiger partial charge in [0, 0.05) is 119 Å². The van der Waals surface area contributed by atoms with Crippen LogP contribution in [0, 0.1) is 22.7 Å². The number of aliphatic hydroxyl groups excluding tert-OH is 1. The third kappa shape index (κ3) is 22.1. The molecule has 6 saturated heterocycles. The van der Waals surface area contributed by atoms with Gasteiger partial charge in [0.15, 0.2) is 8.32 Å². The number of β-amino-alcohol motifs (C(OH)–C–C–N with tert-alkyl or cyclic N) is 1. The fraction of sp³-hybridized carbons (Fsp3) is 0.622. The standard InChI is InChI=1S/C48H74N6O4Si.C42H60N6O4/c1-46(2,3)42(43-49-40(37-23-17-13-18-24-37)34-52(43)31-36-21-15-12-16-22-36)54(44(55)51-29-25-39(26-30-51)50-27-19-14-20-28-50)33-38-32-53(45(56)57-47(4,5)6)35-41(38)58-59(10,11)48(7,8)9;1-41(2,3)37(38-43-35(32-18-12-8-13-19-32)29-46(38)26-31-16-10-7-11-17-31)48(28-33-27-47(30-36(33)49)40(51)52-42(4,5)6)39(50)45-24-20-34(21-25-45)44-22-14-9-15-23-44/h12-13,15-18,21-24,34,38-39,41-42H,14,19-20,25-33,35H2,1-11H3;7-8,10-13,16-19,29,33-34,36-37,49H,9,14-15,20-28,30H2,1-6H3/t38?,41-,42-;33?,36-,37-/m00/s1. The molecule has 2 unspecified atom stereocenters. The second-order valence-corrected chi connectivity index (χ2v) is 43.0. The first kappa shape index (κ1) is 84.3. The molecule has 0 saturated carbocycles. The van der Waals surface area contributed by atoms with Gasteiger partial charge in [-0.2, -0.15) is 0 Å². The van der Waals surface area contributed by atoms with Crippen molar-refractivity contribution in [2.24, 2.45) is 22.7 Å².